The van der Waals surface area contributed by atoms with Crippen molar-refractivity contribution >= 4 is 23.1 Å². The molecule has 0 spiro atoms. The Hall–Kier alpha value is -2.00. The molecular formula is C15H12N2S. The van der Waals surface area contributed by atoms with Crippen LogP contribution in [0.25, 0.3) is 22.2 Å². The van der Waals surface area contributed by atoms with Crippen molar-refractivity contribution in [1.82, 2.24) is 9.97 Å². The zero-order valence-corrected chi connectivity index (χ0v) is 10.8. The number of H-pyrrole nitrogens is 1. The van der Waals surface area contributed by atoms with E-state index in [1.165, 1.54) is 0 Å². The van der Waals surface area contributed by atoms with Crippen molar-refractivity contribution < 1.29 is 0 Å². The lowest BCUT2D eigenvalue weighted by Gasteiger charge is -2.04. The molecule has 0 fully saturated rings. The Balaban J connectivity index is 2.19. The first-order valence-electron chi connectivity index (χ1n) is 5.79. The van der Waals surface area contributed by atoms with Gasteiger partial charge in [0, 0.05) is 16.8 Å². The van der Waals surface area contributed by atoms with Crippen molar-refractivity contribution in [3.8, 4) is 11.3 Å². The first-order chi connectivity index (χ1) is 8.72. The predicted octanol–water partition coefficient (Wildman–Crippen LogP) is 4.27. The van der Waals surface area contributed by atoms with Crippen LogP contribution in [-0.4, -0.2) is 9.97 Å². The third-order valence-corrected chi connectivity index (χ3v) is 3.15. The number of pyridine rings is 2. The third-order valence-electron chi connectivity index (χ3n) is 2.91. The van der Waals surface area contributed by atoms with E-state index in [-0.39, 0.29) is 0 Å². The van der Waals surface area contributed by atoms with Gasteiger partial charge in [-0.1, -0.05) is 30.4 Å². The molecule has 1 N–H and O–H groups in total. The molecule has 2 nitrogen and oxygen atoms in total. The van der Waals surface area contributed by atoms with E-state index in [0.29, 0.717) is 0 Å². The fourth-order valence-electron chi connectivity index (χ4n) is 2.01. The van der Waals surface area contributed by atoms with Gasteiger partial charge in [0.1, 0.15) is 4.64 Å². The molecule has 0 unspecified atom stereocenters. The molecule has 0 aliphatic heterocycles. The molecule has 3 heteroatoms. The Kier molecular flexibility index (Phi) is 2.68. The molecule has 3 aromatic rings. The second-order valence-electron chi connectivity index (χ2n) is 4.29. The van der Waals surface area contributed by atoms with Crippen LogP contribution in [-0.2, 0) is 0 Å². The highest BCUT2D eigenvalue weighted by atomic mass is 32.1. The number of nitrogens with one attached hydrogen (secondary N) is 1. The highest BCUT2D eigenvalue weighted by Gasteiger charge is 2.00. The summed E-state index contributed by atoms with van der Waals surface area (Å²) in [6.07, 6.45) is 0. The monoisotopic (exact) mass is 252 g/mol. The van der Waals surface area contributed by atoms with E-state index in [2.05, 4.69) is 28.2 Å². The number of aromatic nitrogens is 2. The first kappa shape index (κ1) is 11.1. The van der Waals surface area contributed by atoms with Crippen LogP contribution in [0.4, 0.5) is 0 Å². The summed E-state index contributed by atoms with van der Waals surface area (Å²) < 4.78 is 0.745. The zero-order chi connectivity index (χ0) is 12.5. The maximum atomic E-state index is 5.14. The quantitative estimate of drug-likeness (QED) is 0.655. The highest BCUT2D eigenvalue weighted by Crippen LogP contribution is 2.22. The van der Waals surface area contributed by atoms with E-state index < -0.39 is 0 Å². The summed E-state index contributed by atoms with van der Waals surface area (Å²) in [5.74, 6) is 0. The van der Waals surface area contributed by atoms with Crippen molar-refractivity contribution in [2.45, 2.75) is 6.92 Å². The SMILES string of the molecule is Cc1ccc2cc(-c3cccc(=S)[nH]3)ccc2n1. The molecule has 0 saturated heterocycles. The number of aromatic amines is 1. The molecule has 0 aliphatic carbocycles. The van der Waals surface area contributed by atoms with E-state index >= 15 is 0 Å². The maximum absolute atomic E-state index is 5.14. The van der Waals surface area contributed by atoms with Gasteiger partial charge in [-0.3, -0.25) is 4.98 Å². The molecule has 1 aromatic carbocycles. The van der Waals surface area contributed by atoms with Gasteiger partial charge in [-0.25, -0.2) is 0 Å². The average molecular weight is 252 g/mol. The van der Waals surface area contributed by atoms with Gasteiger partial charge in [0.05, 0.1) is 5.52 Å². The van der Waals surface area contributed by atoms with Gasteiger partial charge in [0.15, 0.2) is 0 Å². The molecule has 3 rings (SSSR count). The lowest BCUT2D eigenvalue weighted by atomic mass is 10.1. The van der Waals surface area contributed by atoms with E-state index in [0.717, 1.165) is 32.5 Å². The van der Waals surface area contributed by atoms with Crippen LogP contribution >= 0.6 is 12.2 Å². The van der Waals surface area contributed by atoms with Crippen LogP contribution in [0.5, 0.6) is 0 Å². The standard InChI is InChI=1S/C15H12N2S/c1-10-5-6-11-9-12(7-8-14(11)16-10)13-3-2-4-15(18)17-13/h2-9H,1H3,(H,17,18). The third kappa shape index (κ3) is 2.05. The van der Waals surface area contributed by atoms with Crippen LogP contribution in [0.1, 0.15) is 5.69 Å². The van der Waals surface area contributed by atoms with Crippen LogP contribution in [0, 0.1) is 11.6 Å². The van der Waals surface area contributed by atoms with Gasteiger partial charge < -0.3 is 4.98 Å². The van der Waals surface area contributed by atoms with Crippen LogP contribution in [0.3, 0.4) is 0 Å². The van der Waals surface area contributed by atoms with E-state index in [1.807, 2.05) is 37.3 Å². The van der Waals surface area contributed by atoms with Crippen LogP contribution < -0.4 is 0 Å². The number of nitrogens with zero attached hydrogens (tertiary/aromatic N) is 1. The molecule has 0 radical (unpaired) electrons. The lowest BCUT2D eigenvalue weighted by molar-refractivity contribution is 1.25. The summed E-state index contributed by atoms with van der Waals surface area (Å²) in [5, 5.41) is 1.14. The lowest BCUT2D eigenvalue weighted by Crippen LogP contribution is -1.86. The molecule has 0 atom stereocenters. The van der Waals surface area contributed by atoms with Crippen molar-refractivity contribution in [2.75, 3.05) is 0 Å². The Morgan fingerprint density at radius 1 is 1.06 bits per heavy atom. The number of rotatable bonds is 1. The van der Waals surface area contributed by atoms with Gasteiger partial charge in [-0.2, -0.15) is 0 Å². The summed E-state index contributed by atoms with van der Waals surface area (Å²) >= 11 is 5.14. The Morgan fingerprint density at radius 2 is 1.94 bits per heavy atom. The van der Waals surface area contributed by atoms with Gasteiger partial charge >= 0.3 is 0 Å². The first-order valence-corrected chi connectivity index (χ1v) is 6.20. The topological polar surface area (TPSA) is 28.7 Å². The molecular weight excluding hydrogens is 240 g/mol. The predicted molar refractivity (Wildman–Crippen MR) is 77.1 cm³/mol. The average Bonchev–Trinajstić information content (AvgIpc) is 2.38. The highest BCUT2D eigenvalue weighted by molar-refractivity contribution is 7.71. The number of benzene rings is 1. The Morgan fingerprint density at radius 3 is 2.78 bits per heavy atom. The summed E-state index contributed by atoms with van der Waals surface area (Å²) in [6.45, 7) is 2.00. The van der Waals surface area contributed by atoms with Gasteiger partial charge in [0.2, 0.25) is 0 Å². The minimum absolute atomic E-state index is 0.745. The Bertz CT molecular complexity index is 775. The molecule has 18 heavy (non-hydrogen) atoms. The summed E-state index contributed by atoms with van der Waals surface area (Å²) in [4.78, 5) is 7.69. The fraction of sp³-hybridized carbons (Fsp3) is 0.0667. The molecule has 88 valence electrons. The number of hydrogen-bond donors (Lipinski definition) is 1. The summed E-state index contributed by atoms with van der Waals surface area (Å²) in [5.41, 5.74) is 4.22. The molecule has 0 aliphatic rings. The van der Waals surface area contributed by atoms with Crippen molar-refractivity contribution in [3.63, 3.8) is 0 Å². The minimum Gasteiger partial charge on any atom is -0.346 e. The van der Waals surface area contributed by atoms with Crippen molar-refractivity contribution in [1.29, 1.82) is 0 Å². The molecule has 0 saturated carbocycles. The second kappa shape index (κ2) is 4.35. The van der Waals surface area contributed by atoms with E-state index in [1.54, 1.807) is 0 Å². The number of aryl methyl sites for hydroxylation is 1. The van der Waals surface area contributed by atoms with Crippen molar-refractivity contribution in [2.24, 2.45) is 0 Å². The summed E-state index contributed by atoms with van der Waals surface area (Å²) in [6, 6.07) is 16.2. The number of hydrogen-bond acceptors (Lipinski definition) is 2. The van der Waals surface area contributed by atoms with Gasteiger partial charge in [-0.05, 0) is 42.8 Å². The van der Waals surface area contributed by atoms with Gasteiger partial charge in [0.25, 0.3) is 0 Å². The Labute approximate surface area is 110 Å². The minimum atomic E-state index is 0.745. The zero-order valence-electron chi connectivity index (χ0n) is 9.97. The largest absolute Gasteiger partial charge is 0.346 e. The number of fused-ring (bicyclic) bond motifs is 1. The van der Waals surface area contributed by atoms with E-state index in [4.69, 9.17) is 12.2 Å². The molecule has 0 amide bonds. The smallest absolute Gasteiger partial charge is 0.103 e. The second-order valence-corrected chi connectivity index (χ2v) is 4.73. The van der Waals surface area contributed by atoms with E-state index in [9.17, 15) is 0 Å². The molecule has 0 bridgehead atoms. The molecule has 2 heterocycles. The van der Waals surface area contributed by atoms with Crippen LogP contribution in [0.2, 0.25) is 0 Å². The van der Waals surface area contributed by atoms with Crippen molar-refractivity contribution in [3.05, 3.63) is 58.9 Å². The molecule has 2 aromatic heterocycles. The fourth-order valence-corrected chi connectivity index (χ4v) is 2.20. The normalized spacial score (nSPS) is 10.7. The van der Waals surface area contributed by atoms with Crippen LogP contribution in [0.15, 0.2) is 48.5 Å². The maximum Gasteiger partial charge on any atom is 0.103 e. The summed E-state index contributed by atoms with van der Waals surface area (Å²) in [7, 11) is 0. The van der Waals surface area contributed by atoms with Gasteiger partial charge in [-0.15, -0.1) is 0 Å².